The molecule has 4 aromatic rings. The van der Waals surface area contributed by atoms with E-state index in [2.05, 4.69) is 16.0 Å². The van der Waals surface area contributed by atoms with Gasteiger partial charge in [-0.1, -0.05) is 36.2 Å². The Morgan fingerprint density at radius 3 is 2.62 bits per heavy atom. The van der Waals surface area contributed by atoms with Gasteiger partial charge in [-0.25, -0.2) is 0 Å². The summed E-state index contributed by atoms with van der Waals surface area (Å²) in [5, 5.41) is 29.4. The lowest BCUT2D eigenvalue weighted by Gasteiger charge is -2.33. The van der Waals surface area contributed by atoms with Crippen molar-refractivity contribution in [3.8, 4) is 28.7 Å². The number of β-amino-alcohol motifs (C(OH)–C–C–N with tert-alkyl or cyclic N) is 1. The number of ether oxygens (including phenoxy) is 2. The number of carbonyl (C=O) groups is 1. The van der Waals surface area contributed by atoms with Crippen molar-refractivity contribution in [3.63, 3.8) is 0 Å². The molecule has 272 valence electrons. The molecule has 52 heavy (non-hydrogen) atoms. The first kappa shape index (κ1) is 37.0. The molecule has 2 aliphatic rings. The number of aliphatic hydroxyl groups is 1. The second kappa shape index (κ2) is 17.2. The Morgan fingerprint density at radius 1 is 1.00 bits per heavy atom. The molecule has 4 heterocycles. The van der Waals surface area contributed by atoms with E-state index in [1.165, 1.54) is 6.20 Å². The summed E-state index contributed by atoms with van der Waals surface area (Å²) in [7, 11) is 0. The number of nitriles is 1. The molecule has 2 N–H and O–H groups in total. The standard InChI is InChI=1S/C40H44ClN5O6/c1-27-30(7-4-8-33(27)34-9-5-14-45(39(34)48)15-6-12-44-16-11-32(47)24-44)26-52-38-19-37(51-25-29-17-28(20-42)21-43-22-29)31(18-35(38)41)23-46-13-3-2-10-36(46)40(49)50/h4-5,7-9,14,17-19,21-22,32,36,47H,2-3,6,10-13,15-16,23-26H2,1H3,(H,49,50)/t32-,36+/m1/s1. The normalized spacial score (nSPS) is 17.9. The van der Waals surface area contributed by atoms with Gasteiger partial charge in [0.15, 0.2) is 0 Å². The molecule has 0 amide bonds. The molecule has 2 aliphatic heterocycles. The fourth-order valence-corrected chi connectivity index (χ4v) is 7.34. The molecule has 0 radical (unpaired) electrons. The van der Waals surface area contributed by atoms with Crippen LogP contribution < -0.4 is 15.0 Å². The highest BCUT2D eigenvalue weighted by atomic mass is 35.5. The number of piperidine rings is 1. The van der Waals surface area contributed by atoms with Gasteiger partial charge in [-0.15, -0.1) is 0 Å². The third-order valence-electron chi connectivity index (χ3n) is 9.97. The third kappa shape index (κ3) is 9.00. The third-order valence-corrected chi connectivity index (χ3v) is 10.3. The Bertz CT molecular complexity index is 1990. The summed E-state index contributed by atoms with van der Waals surface area (Å²) in [5.41, 5.74) is 5.06. The number of halogens is 1. The van der Waals surface area contributed by atoms with E-state index < -0.39 is 12.0 Å². The van der Waals surface area contributed by atoms with E-state index >= 15 is 0 Å². The zero-order valence-electron chi connectivity index (χ0n) is 29.3. The predicted octanol–water partition coefficient (Wildman–Crippen LogP) is 5.80. The molecule has 6 rings (SSSR count). The van der Waals surface area contributed by atoms with Crippen LogP contribution in [0.15, 0.2) is 71.9 Å². The number of pyridine rings is 2. The van der Waals surface area contributed by atoms with Crippen LogP contribution in [-0.2, 0) is 31.1 Å². The van der Waals surface area contributed by atoms with Crippen molar-refractivity contribution < 1.29 is 24.5 Å². The number of hydrogen-bond donors (Lipinski definition) is 2. The molecule has 0 bridgehead atoms. The largest absolute Gasteiger partial charge is 0.488 e. The minimum atomic E-state index is -0.848. The average molecular weight is 726 g/mol. The maximum atomic E-state index is 13.6. The summed E-state index contributed by atoms with van der Waals surface area (Å²) in [5.74, 6) is 0.0431. The number of aliphatic carboxylic acids is 1. The van der Waals surface area contributed by atoms with E-state index in [1.807, 2.05) is 48.4 Å². The molecule has 11 nitrogen and oxygen atoms in total. The van der Waals surface area contributed by atoms with Crippen LogP contribution >= 0.6 is 11.6 Å². The van der Waals surface area contributed by atoms with Crippen molar-refractivity contribution in [2.45, 2.75) is 77.5 Å². The number of aromatic nitrogens is 2. The van der Waals surface area contributed by atoms with Gasteiger partial charge in [-0.05, 0) is 86.7 Å². The van der Waals surface area contributed by atoms with Crippen LogP contribution in [0.2, 0.25) is 5.02 Å². The first-order valence-electron chi connectivity index (χ1n) is 17.8. The Morgan fingerprint density at radius 2 is 1.83 bits per heavy atom. The Kier molecular flexibility index (Phi) is 12.2. The van der Waals surface area contributed by atoms with E-state index in [-0.39, 0.29) is 24.9 Å². The highest BCUT2D eigenvalue weighted by molar-refractivity contribution is 6.32. The quantitative estimate of drug-likeness (QED) is 0.164. The number of carboxylic acid groups (broad SMARTS) is 1. The van der Waals surface area contributed by atoms with Crippen molar-refractivity contribution in [1.29, 1.82) is 5.26 Å². The average Bonchev–Trinajstić information content (AvgIpc) is 3.57. The van der Waals surface area contributed by atoms with Gasteiger partial charge in [0.2, 0.25) is 0 Å². The molecule has 0 saturated carbocycles. The SMILES string of the molecule is Cc1c(COc2cc(OCc3cncc(C#N)c3)c(CN3CCCC[C@H]3C(=O)O)cc2Cl)cccc1-c1cccn(CCCN2CC[C@@H](O)C2)c1=O. The number of likely N-dealkylation sites (tertiary alicyclic amines) is 2. The second-order valence-corrected chi connectivity index (χ2v) is 14.0. The summed E-state index contributed by atoms with van der Waals surface area (Å²) in [4.78, 5) is 33.9. The van der Waals surface area contributed by atoms with Crippen LogP contribution in [0.1, 0.15) is 59.9 Å². The van der Waals surface area contributed by atoms with Crippen LogP contribution in [0, 0.1) is 18.3 Å². The van der Waals surface area contributed by atoms with Crippen molar-refractivity contribution >= 4 is 17.6 Å². The molecule has 2 aromatic heterocycles. The van der Waals surface area contributed by atoms with Crippen LogP contribution in [0.5, 0.6) is 11.5 Å². The maximum absolute atomic E-state index is 13.6. The summed E-state index contributed by atoms with van der Waals surface area (Å²) in [6, 6.07) is 16.3. The fraction of sp³-hybridized carbons (Fsp3) is 0.400. The van der Waals surface area contributed by atoms with Crippen molar-refractivity contribution in [1.82, 2.24) is 19.4 Å². The molecular formula is C40H44ClN5O6. The summed E-state index contributed by atoms with van der Waals surface area (Å²) < 4.78 is 14.3. The number of nitrogens with zero attached hydrogens (tertiary/aromatic N) is 5. The van der Waals surface area contributed by atoms with E-state index in [4.69, 9.17) is 21.1 Å². The topological polar surface area (TPSA) is 141 Å². The second-order valence-electron chi connectivity index (χ2n) is 13.6. The van der Waals surface area contributed by atoms with Gasteiger partial charge in [0, 0.05) is 67.5 Å². The van der Waals surface area contributed by atoms with Gasteiger partial charge in [0.05, 0.1) is 16.7 Å². The lowest BCUT2D eigenvalue weighted by molar-refractivity contribution is -0.144. The first-order valence-corrected chi connectivity index (χ1v) is 18.2. The molecule has 0 aliphatic carbocycles. The molecular weight excluding hydrogens is 682 g/mol. The lowest BCUT2D eigenvalue weighted by atomic mass is 9.97. The van der Waals surface area contributed by atoms with Gasteiger partial charge < -0.3 is 29.2 Å². The smallest absolute Gasteiger partial charge is 0.320 e. The summed E-state index contributed by atoms with van der Waals surface area (Å²) >= 11 is 6.82. The molecule has 12 heteroatoms. The van der Waals surface area contributed by atoms with E-state index in [1.54, 1.807) is 29.0 Å². The zero-order valence-corrected chi connectivity index (χ0v) is 30.1. The van der Waals surface area contributed by atoms with Gasteiger partial charge >= 0.3 is 5.97 Å². The lowest BCUT2D eigenvalue weighted by Crippen LogP contribution is -2.44. The number of rotatable bonds is 14. The number of aliphatic hydroxyl groups excluding tert-OH is 1. The molecule has 2 fully saturated rings. The van der Waals surface area contributed by atoms with Gasteiger partial charge in [0.25, 0.3) is 5.56 Å². The number of hydrogen-bond acceptors (Lipinski definition) is 9. The minimum Gasteiger partial charge on any atom is -0.488 e. The number of benzene rings is 2. The zero-order chi connectivity index (χ0) is 36.6. The van der Waals surface area contributed by atoms with Gasteiger partial charge in [-0.3, -0.25) is 19.5 Å². The Balaban J connectivity index is 1.20. The predicted molar refractivity (Wildman–Crippen MR) is 197 cm³/mol. The van der Waals surface area contributed by atoms with Gasteiger partial charge in [-0.2, -0.15) is 5.26 Å². The number of aryl methyl sites for hydroxylation is 1. The van der Waals surface area contributed by atoms with Crippen molar-refractivity contribution in [2.24, 2.45) is 0 Å². The van der Waals surface area contributed by atoms with Crippen LogP contribution in [0.3, 0.4) is 0 Å². The van der Waals surface area contributed by atoms with E-state index in [9.17, 15) is 25.1 Å². The van der Waals surface area contributed by atoms with E-state index in [0.29, 0.717) is 65.8 Å². The molecule has 2 saturated heterocycles. The van der Waals surface area contributed by atoms with Crippen molar-refractivity contribution in [3.05, 3.63) is 110 Å². The summed E-state index contributed by atoms with van der Waals surface area (Å²) in [6.45, 7) is 6.27. The fourth-order valence-electron chi connectivity index (χ4n) is 7.10. The number of carboxylic acids is 1. The molecule has 2 atom stereocenters. The molecule has 2 aromatic carbocycles. The maximum Gasteiger partial charge on any atom is 0.320 e. The van der Waals surface area contributed by atoms with E-state index in [0.717, 1.165) is 61.0 Å². The summed E-state index contributed by atoms with van der Waals surface area (Å²) in [6.07, 6.45) is 8.64. The Hall–Kier alpha value is -4.73. The first-order chi connectivity index (χ1) is 25.2. The molecule has 0 unspecified atom stereocenters. The van der Waals surface area contributed by atoms with Crippen LogP contribution in [0.25, 0.3) is 11.1 Å². The van der Waals surface area contributed by atoms with Crippen molar-refractivity contribution in [2.75, 3.05) is 26.2 Å². The molecule has 0 spiro atoms. The Labute approximate surface area is 308 Å². The monoisotopic (exact) mass is 725 g/mol. The van der Waals surface area contributed by atoms with Gasteiger partial charge in [0.1, 0.15) is 36.8 Å². The highest BCUT2D eigenvalue weighted by Gasteiger charge is 2.29. The highest BCUT2D eigenvalue weighted by Crippen LogP contribution is 2.36. The minimum absolute atomic E-state index is 0.0556. The van der Waals surface area contributed by atoms with Crippen LogP contribution in [-0.4, -0.2) is 73.9 Å². The van der Waals surface area contributed by atoms with Crippen LogP contribution in [0.4, 0.5) is 0 Å².